The van der Waals surface area contributed by atoms with Gasteiger partial charge in [0.05, 0.1) is 5.69 Å². The van der Waals surface area contributed by atoms with Crippen LogP contribution in [0.15, 0.2) is 12.3 Å². The molecule has 0 aliphatic heterocycles. The number of hydrogen-bond donors (Lipinski definition) is 2. The normalized spacial score (nSPS) is 12.4. The number of aromatic amines is 1. The summed E-state index contributed by atoms with van der Waals surface area (Å²) in [6, 6.07) is 2.13. The SMILES string of the molecule is CCN(CC)C(=O)CCNC(C)c1ccn[nH]1. The third-order valence-electron chi connectivity index (χ3n) is 2.89. The quantitative estimate of drug-likeness (QED) is 0.753. The van der Waals surface area contributed by atoms with Crippen LogP contribution in [-0.2, 0) is 4.79 Å². The van der Waals surface area contributed by atoms with Crippen LogP contribution >= 0.6 is 0 Å². The number of amides is 1. The molecule has 1 rings (SSSR count). The van der Waals surface area contributed by atoms with Gasteiger partial charge in [-0.05, 0) is 26.8 Å². The number of rotatable bonds is 7. The summed E-state index contributed by atoms with van der Waals surface area (Å²) in [5.41, 5.74) is 1.04. The van der Waals surface area contributed by atoms with Gasteiger partial charge in [0.25, 0.3) is 0 Å². The maximum atomic E-state index is 11.7. The fraction of sp³-hybridized carbons (Fsp3) is 0.667. The second-order valence-corrected chi connectivity index (χ2v) is 4.00. The molecular formula is C12H22N4O. The average molecular weight is 238 g/mol. The standard InChI is InChI=1S/C12H22N4O/c1-4-16(5-2)12(17)7-8-13-10(3)11-6-9-14-15-11/h6,9-10,13H,4-5,7-8H2,1-3H3,(H,14,15). The van der Waals surface area contributed by atoms with E-state index in [-0.39, 0.29) is 11.9 Å². The molecule has 0 radical (unpaired) electrons. The minimum absolute atomic E-state index is 0.196. The lowest BCUT2D eigenvalue weighted by Gasteiger charge is -2.19. The number of nitrogens with one attached hydrogen (secondary N) is 2. The van der Waals surface area contributed by atoms with Gasteiger partial charge < -0.3 is 10.2 Å². The van der Waals surface area contributed by atoms with Crippen LogP contribution in [0.25, 0.3) is 0 Å². The monoisotopic (exact) mass is 238 g/mol. The topological polar surface area (TPSA) is 61.0 Å². The molecular weight excluding hydrogens is 216 g/mol. The molecule has 0 spiro atoms. The molecule has 1 aromatic heterocycles. The zero-order valence-electron chi connectivity index (χ0n) is 10.9. The Labute approximate surface area is 103 Å². The molecule has 0 saturated carbocycles. The van der Waals surface area contributed by atoms with Crippen molar-refractivity contribution in [3.05, 3.63) is 18.0 Å². The highest BCUT2D eigenvalue weighted by Crippen LogP contribution is 2.06. The van der Waals surface area contributed by atoms with Crippen molar-refractivity contribution >= 4 is 5.91 Å². The molecule has 17 heavy (non-hydrogen) atoms. The van der Waals surface area contributed by atoms with E-state index >= 15 is 0 Å². The molecule has 0 saturated heterocycles. The van der Waals surface area contributed by atoms with Crippen molar-refractivity contribution in [1.82, 2.24) is 20.4 Å². The van der Waals surface area contributed by atoms with Gasteiger partial charge in [-0.2, -0.15) is 5.10 Å². The average Bonchev–Trinajstić information content (AvgIpc) is 2.84. The van der Waals surface area contributed by atoms with Crippen molar-refractivity contribution in [2.75, 3.05) is 19.6 Å². The number of hydrogen-bond acceptors (Lipinski definition) is 3. The van der Waals surface area contributed by atoms with E-state index in [1.54, 1.807) is 6.20 Å². The lowest BCUT2D eigenvalue weighted by molar-refractivity contribution is -0.130. The van der Waals surface area contributed by atoms with Gasteiger partial charge in [0.1, 0.15) is 0 Å². The van der Waals surface area contributed by atoms with E-state index in [9.17, 15) is 4.79 Å². The molecule has 0 fully saturated rings. The maximum Gasteiger partial charge on any atom is 0.223 e. The minimum Gasteiger partial charge on any atom is -0.343 e. The van der Waals surface area contributed by atoms with Crippen molar-refractivity contribution in [1.29, 1.82) is 0 Å². The number of aromatic nitrogens is 2. The smallest absolute Gasteiger partial charge is 0.223 e. The van der Waals surface area contributed by atoms with Gasteiger partial charge in [0.15, 0.2) is 0 Å². The van der Waals surface area contributed by atoms with Crippen LogP contribution in [0.2, 0.25) is 0 Å². The van der Waals surface area contributed by atoms with E-state index in [4.69, 9.17) is 0 Å². The second-order valence-electron chi connectivity index (χ2n) is 4.00. The highest BCUT2D eigenvalue weighted by atomic mass is 16.2. The Morgan fingerprint density at radius 2 is 2.24 bits per heavy atom. The van der Waals surface area contributed by atoms with Crippen LogP contribution in [0.5, 0.6) is 0 Å². The lowest BCUT2D eigenvalue weighted by atomic mass is 10.2. The lowest BCUT2D eigenvalue weighted by Crippen LogP contribution is -2.33. The van der Waals surface area contributed by atoms with E-state index in [1.807, 2.05) is 24.8 Å². The van der Waals surface area contributed by atoms with Crippen LogP contribution in [-0.4, -0.2) is 40.6 Å². The molecule has 5 heteroatoms. The van der Waals surface area contributed by atoms with Crippen LogP contribution in [0.4, 0.5) is 0 Å². The molecule has 0 aliphatic carbocycles. The summed E-state index contributed by atoms with van der Waals surface area (Å²) in [5.74, 6) is 0.208. The number of H-pyrrole nitrogens is 1. The molecule has 1 heterocycles. The van der Waals surface area contributed by atoms with Gasteiger partial charge in [0, 0.05) is 38.3 Å². The van der Waals surface area contributed by atoms with Crippen molar-refractivity contribution < 1.29 is 4.79 Å². The Morgan fingerprint density at radius 1 is 1.53 bits per heavy atom. The summed E-state index contributed by atoms with van der Waals surface area (Å²) in [5, 5.41) is 10.1. The Balaban J connectivity index is 2.26. The molecule has 1 aromatic rings. The molecule has 0 aromatic carbocycles. The summed E-state index contributed by atoms with van der Waals surface area (Å²) in [7, 11) is 0. The first kappa shape index (κ1) is 13.7. The fourth-order valence-corrected chi connectivity index (χ4v) is 1.75. The molecule has 1 unspecified atom stereocenters. The molecule has 0 aliphatic rings. The first-order chi connectivity index (χ1) is 8.19. The minimum atomic E-state index is 0.196. The van der Waals surface area contributed by atoms with Crippen LogP contribution in [0, 0.1) is 0 Å². The van der Waals surface area contributed by atoms with Crippen LogP contribution in [0.1, 0.15) is 38.9 Å². The zero-order chi connectivity index (χ0) is 12.7. The third kappa shape index (κ3) is 4.19. The first-order valence-corrected chi connectivity index (χ1v) is 6.19. The number of carbonyl (C=O) groups excluding carboxylic acids is 1. The van der Waals surface area contributed by atoms with Gasteiger partial charge in [-0.1, -0.05) is 0 Å². The predicted molar refractivity (Wildman–Crippen MR) is 67.6 cm³/mol. The van der Waals surface area contributed by atoms with E-state index in [1.165, 1.54) is 0 Å². The Hall–Kier alpha value is -1.36. The predicted octanol–water partition coefficient (Wildman–Crippen LogP) is 1.32. The summed E-state index contributed by atoms with van der Waals surface area (Å²) in [6.45, 7) is 8.31. The van der Waals surface area contributed by atoms with Crippen molar-refractivity contribution in [2.24, 2.45) is 0 Å². The summed E-state index contributed by atoms with van der Waals surface area (Å²) < 4.78 is 0. The Bertz CT molecular complexity index is 319. The second kappa shape index (κ2) is 7.06. The largest absolute Gasteiger partial charge is 0.343 e. The highest BCUT2D eigenvalue weighted by molar-refractivity contribution is 5.76. The van der Waals surface area contributed by atoms with E-state index < -0.39 is 0 Å². The first-order valence-electron chi connectivity index (χ1n) is 6.19. The third-order valence-corrected chi connectivity index (χ3v) is 2.89. The van der Waals surface area contributed by atoms with E-state index in [2.05, 4.69) is 22.4 Å². The molecule has 5 nitrogen and oxygen atoms in total. The van der Waals surface area contributed by atoms with Crippen molar-refractivity contribution in [2.45, 2.75) is 33.2 Å². The number of nitrogens with zero attached hydrogens (tertiary/aromatic N) is 2. The summed E-state index contributed by atoms with van der Waals surface area (Å²) in [4.78, 5) is 13.6. The van der Waals surface area contributed by atoms with Gasteiger partial charge >= 0.3 is 0 Å². The van der Waals surface area contributed by atoms with Crippen molar-refractivity contribution in [3.8, 4) is 0 Å². The van der Waals surface area contributed by atoms with Crippen molar-refractivity contribution in [3.63, 3.8) is 0 Å². The van der Waals surface area contributed by atoms with E-state index in [0.29, 0.717) is 13.0 Å². The van der Waals surface area contributed by atoms with E-state index in [0.717, 1.165) is 18.8 Å². The molecule has 1 amide bonds. The molecule has 1 atom stereocenters. The highest BCUT2D eigenvalue weighted by Gasteiger charge is 2.10. The zero-order valence-corrected chi connectivity index (χ0v) is 10.9. The fourth-order valence-electron chi connectivity index (χ4n) is 1.75. The van der Waals surface area contributed by atoms with Crippen LogP contribution in [0.3, 0.4) is 0 Å². The maximum absolute atomic E-state index is 11.7. The summed E-state index contributed by atoms with van der Waals surface area (Å²) in [6.07, 6.45) is 2.27. The van der Waals surface area contributed by atoms with Gasteiger partial charge in [0.2, 0.25) is 5.91 Å². The molecule has 2 N–H and O–H groups in total. The number of carbonyl (C=O) groups is 1. The summed E-state index contributed by atoms with van der Waals surface area (Å²) >= 11 is 0. The molecule has 0 bridgehead atoms. The molecule has 96 valence electrons. The van der Waals surface area contributed by atoms with Crippen LogP contribution < -0.4 is 5.32 Å². The Morgan fingerprint density at radius 3 is 2.76 bits per heavy atom. The Kier molecular flexibility index (Phi) is 5.69. The van der Waals surface area contributed by atoms with Gasteiger partial charge in [-0.15, -0.1) is 0 Å². The van der Waals surface area contributed by atoms with Gasteiger partial charge in [-0.25, -0.2) is 0 Å². The van der Waals surface area contributed by atoms with Gasteiger partial charge in [-0.3, -0.25) is 9.89 Å².